The van der Waals surface area contributed by atoms with Crippen LogP contribution in [-0.2, 0) is 0 Å². The lowest BCUT2D eigenvalue weighted by molar-refractivity contribution is 1.21. The van der Waals surface area contributed by atoms with Crippen LogP contribution >= 0.6 is 12.4 Å². The van der Waals surface area contributed by atoms with Crippen LogP contribution in [0.1, 0.15) is 16.7 Å². The number of rotatable bonds is 3. The monoisotopic (exact) mass is 323 g/mol. The van der Waals surface area contributed by atoms with Crippen molar-refractivity contribution in [3.05, 3.63) is 89.5 Å². The van der Waals surface area contributed by atoms with Gasteiger partial charge in [-0.25, -0.2) is 0 Å². The molecule has 3 aromatic carbocycles. The second-order valence-electron chi connectivity index (χ2n) is 5.69. The van der Waals surface area contributed by atoms with Crippen LogP contribution in [0.4, 0.5) is 17.1 Å². The first-order chi connectivity index (χ1) is 10.7. The van der Waals surface area contributed by atoms with E-state index < -0.39 is 0 Å². The molecule has 3 aromatic rings. The number of para-hydroxylation sites is 3. The van der Waals surface area contributed by atoms with Gasteiger partial charge >= 0.3 is 0 Å². The number of anilines is 3. The highest BCUT2D eigenvalue weighted by Crippen LogP contribution is 2.39. The molecule has 0 heterocycles. The second-order valence-corrected chi connectivity index (χ2v) is 5.69. The quantitative estimate of drug-likeness (QED) is 0.531. The molecule has 0 bridgehead atoms. The molecule has 0 fully saturated rings. The molecule has 1 nitrogen and oxygen atoms in total. The van der Waals surface area contributed by atoms with E-state index in [2.05, 4.69) is 98.5 Å². The highest BCUT2D eigenvalue weighted by Gasteiger charge is 2.16. The van der Waals surface area contributed by atoms with Crippen molar-refractivity contribution in [2.75, 3.05) is 4.90 Å². The number of halogens is 1. The van der Waals surface area contributed by atoms with Crippen molar-refractivity contribution in [1.29, 1.82) is 0 Å². The molecule has 0 amide bonds. The van der Waals surface area contributed by atoms with E-state index in [1.54, 1.807) is 0 Å². The third-order valence-corrected chi connectivity index (χ3v) is 4.07. The van der Waals surface area contributed by atoms with E-state index in [1.807, 2.05) is 0 Å². The molecule has 0 radical (unpaired) electrons. The first-order valence-electron chi connectivity index (χ1n) is 7.65. The largest absolute Gasteiger partial charge is 0.310 e. The van der Waals surface area contributed by atoms with Crippen LogP contribution in [0.3, 0.4) is 0 Å². The fraction of sp³-hybridized carbons (Fsp3) is 0.143. The summed E-state index contributed by atoms with van der Waals surface area (Å²) >= 11 is 0. The molecule has 3 rings (SSSR count). The minimum atomic E-state index is 0. The van der Waals surface area contributed by atoms with Crippen molar-refractivity contribution in [2.24, 2.45) is 0 Å². The average Bonchev–Trinajstić information content (AvgIpc) is 2.53. The van der Waals surface area contributed by atoms with Crippen LogP contribution in [0.5, 0.6) is 0 Å². The van der Waals surface area contributed by atoms with Gasteiger partial charge in [0.2, 0.25) is 0 Å². The Morgan fingerprint density at radius 2 is 0.739 bits per heavy atom. The summed E-state index contributed by atoms with van der Waals surface area (Å²) in [6.07, 6.45) is 0. The smallest absolute Gasteiger partial charge is 0.0491 e. The van der Waals surface area contributed by atoms with Gasteiger partial charge in [-0.05, 0) is 55.7 Å². The Kier molecular flexibility index (Phi) is 5.46. The van der Waals surface area contributed by atoms with Gasteiger partial charge in [0.1, 0.15) is 0 Å². The standard InChI is InChI=1S/C21H21N.ClH/c1-16-10-4-7-13-19(16)22(20-14-8-5-11-17(20)2)21-15-9-6-12-18(21)3;/h4-15H,1-3H3;1H. The molecule has 23 heavy (non-hydrogen) atoms. The van der Waals surface area contributed by atoms with Crippen LogP contribution in [0.15, 0.2) is 72.8 Å². The molecule has 0 aliphatic heterocycles. The lowest BCUT2D eigenvalue weighted by Crippen LogP contribution is -2.13. The summed E-state index contributed by atoms with van der Waals surface area (Å²) in [5, 5.41) is 0. The molecular weight excluding hydrogens is 302 g/mol. The van der Waals surface area contributed by atoms with Gasteiger partial charge in [-0.1, -0.05) is 54.6 Å². The Labute approximate surface area is 145 Å². The second kappa shape index (κ2) is 7.34. The molecule has 0 aliphatic rings. The van der Waals surface area contributed by atoms with E-state index >= 15 is 0 Å². The Morgan fingerprint density at radius 1 is 0.478 bits per heavy atom. The van der Waals surface area contributed by atoms with E-state index in [0.717, 1.165) is 0 Å². The fourth-order valence-corrected chi connectivity index (χ4v) is 2.83. The number of hydrogen-bond acceptors (Lipinski definition) is 1. The molecule has 0 aliphatic carbocycles. The lowest BCUT2D eigenvalue weighted by Gasteiger charge is -2.29. The average molecular weight is 324 g/mol. The van der Waals surface area contributed by atoms with Gasteiger partial charge in [-0.2, -0.15) is 0 Å². The predicted molar refractivity (Wildman–Crippen MR) is 103 cm³/mol. The van der Waals surface area contributed by atoms with Crippen molar-refractivity contribution in [2.45, 2.75) is 20.8 Å². The van der Waals surface area contributed by atoms with E-state index in [-0.39, 0.29) is 12.4 Å². The highest BCUT2D eigenvalue weighted by molar-refractivity contribution is 5.85. The van der Waals surface area contributed by atoms with Crippen LogP contribution < -0.4 is 4.90 Å². The van der Waals surface area contributed by atoms with E-state index in [0.29, 0.717) is 0 Å². The van der Waals surface area contributed by atoms with Crippen LogP contribution in [0, 0.1) is 20.8 Å². The summed E-state index contributed by atoms with van der Waals surface area (Å²) < 4.78 is 0. The summed E-state index contributed by atoms with van der Waals surface area (Å²) in [7, 11) is 0. The zero-order valence-electron chi connectivity index (χ0n) is 13.8. The maximum atomic E-state index is 2.36. The molecule has 0 spiro atoms. The maximum Gasteiger partial charge on any atom is 0.0491 e. The molecule has 0 N–H and O–H groups in total. The molecule has 2 heteroatoms. The summed E-state index contributed by atoms with van der Waals surface area (Å²) in [6, 6.07) is 25.6. The van der Waals surface area contributed by atoms with Gasteiger partial charge in [0, 0.05) is 17.1 Å². The maximum absolute atomic E-state index is 2.36. The molecule has 0 saturated heterocycles. The van der Waals surface area contributed by atoms with Crippen LogP contribution in [0.2, 0.25) is 0 Å². The normalized spacial score (nSPS) is 10.0. The predicted octanol–water partition coefficient (Wildman–Crippen LogP) is 6.50. The van der Waals surface area contributed by atoms with E-state index in [4.69, 9.17) is 0 Å². The molecule has 0 atom stereocenters. The zero-order valence-corrected chi connectivity index (χ0v) is 14.6. The third kappa shape index (κ3) is 3.40. The fourth-order valence-electron chi connectivity index (χ4n) is 2.83. The van der Waals surface area contributed by atoms with Crippen molar-refractivity contribution in [3.63, 3.8) is 0 Å². The number of benzene rings is 3. The van der Waals surface area contributed by atoms with Gasteiger partial charge < -0.3 is 4.90 Å². The number of aryl methyl sites for hydroxylation is 3. The Morgan fingerprint density at radius 3 is 1.00 bits per heavy atom. The molecular formula is C21H22ClN. The summed E-state index contributed by atoms with van der Waals surface area (Å²) in [4.78, 5) is 2.36. The van der Waals surface area contributed by atoms with Crippen molar-refractivity contribution < 1.29 is 0 Å². The van der Waals surface area contributed by atoms with Gasteiger partial charge in [-0.3, -0.25) is 0 Å². The van der Waals surface area contributed by atoms with Gasteiger partial charge in [-0.15, -0.1) is 12.4 Å². The summed E-state index contributed by atoms with van der Waals surface area (Å²) in [6.45, 7) is 6.50. The zero-order chi connectivity index (χ0) is 15.5. The highest BCUT2D eigenvalue weighted by atomic mass is 35.5. The molecule has 118 valence electrons. The first-order valence-corrected chi connectivity index (χ1v) is 7.65. The number of nitrogens with zero attached hydrogens (tertiary/aromatic N) is 1. The lowest BCUT2D eigenvalue weighted by atomic mass is 10.1. The Bertz CT molecular complexity index is 687. The first kappa shape index (κ1) is 17.1. The topological polar surface area (TPSA) is 3.24 Å². The van der Waals surface area contributed by atoms with Crippen LogP contribution in [0.25, 0.3) is 0 Å². The van der Waals surface area contributed by atoms with E-state index in [9.17, 15) is 0 Å². The minimum Gasteiger partial charge on any atom is -0.310 e. The SMILES string of the molecule is Cc1ccccc1N(c1ccccc1C)c1ccccc1C.Cl. The molecule has 0 saturated carbocycles. The Hall–Kier alpha value is -2.25. The van der Waals surface area contributed by atoms with Crippen molar-refractivity contribution >= 4 is 29.5 Å². The van der Waals surface area contributed by atoms with Crippen molar-refractivity contribution in [3.8, 4) is 0 Å². The minimum absolute atomic E-state index is 0. The molecule has 0 aromatic heterocycles. The van der Waals surface area contributed by atoms with E-state index in [1.165, 1.54) is 33.8 Å². The summed E-state index contributed by atoms with van der Waals surface area (Å²) in [5.41, 5.74) is 7.50. The third-order valence-electron chi connectivity index (χ3n) is 4.07. The summed E-state index contributed by atoms with van der Waals surface area (Å²) in [5.74, 6) is 0. The van der Waals surface area contributed by atoms with Gasteiger partial charge in [0.15, 0.2) is 0 Å². The molecule has 0 unspecified atom stereocenters. The number of hydrogen-bond donors (Lipinski definition) is 0. The van der Waals surface area contributed by atoms with Crippen molar-refractivity contribution in [1.82, 2.24) is 0 Å². The van der Waals surface area contributed by atoms with Gasteiger partial charge in [0.25, 0.3) is 0 Å². The van der Waals surface area contributed by atoms with Gasteiger partial charge in [0.05, 0.1) is 0 Å². The van der Waals surface area contributed by atoms with Crippen LogP contribution in [-0.4, -0.2) is 0 Å². The Balaban J connectivity index is 0.00000192.